The predicted molar refractivity (Wildman–Crippen MR) is 104 cm³/mol. The van der Waals surface area contributed by atoms with Crippen LogP contribution >= 0.6 is 22.9 Å². The van der Waals surface area contributed by atoms with E-state index in [9.17, 15) is 4.79 Å². The van der Waals surface area contributed by atoms with Crippen molar-refractivity contribution in [1.82, 2.24) is 20.3 Å². The molecule has 1 amide bonds. The van der Waals surface area contributed by atoms with E-state index in [1.165, 1.54) is 12.4 Å². The van der Waals surface area contributed by atoms with Gasteiger partial charge >= 0.3 is 0 Å². The second-order valence-corrected chi connectivity index (χ2v) is 7.76. The molecule has 3 aromatic rings. The number of thiazole rings is 1. The van der Waals surface area contributed by atoms with E-state index in [-0.39, 0.29) is 11.9 Å². The highest BCUT2D eigenvalue weighted by molar-refractivity contribution is 7.22. The van der Waals surface area contributed by atoms with Gasteiger partial charge in [-0.15, -0.1) is 0 Å². The van der Waals surface area contributed by atoms with E-state index < -0.39 is 0 Å². The zero-order valence-electron chi connectivity index (χ0n) is 14.3. The van der Waals surface area contributed by atoms with Crippen molar-refractivity contribution in [2.24, 2.45) is 0 Å². The molecule has 0 bridgehead atoms. The number of carbonyl (C=O) groups is 1. The summed E-state index contributed by atoms with van der Waals surface area (Å²) in [5.74, 6) is -0.165. The molecule has 1 aliphatic rings. The molecular formula is C18H18ClN5OS. The molecule has 0 spiro atoms. The molecule has 6 nitrogen and oxygen atoms in total. The van der Waals surface area contributed by atoms with Crippen LogP contribution in [0.25, 0.3) is 10.2 Å². The molecule has 1 aliphatic heterocycles. The van der Waals surface area contributed by atoms with Crippen LogP contribution in [0.3, 0.4) is 0 Å². The first kappa shape index (κ1) is 17.2. The third kappa shape index (κ3) is 3.37. The third-order valence-corrected chi connectivity index (χ3v) is 6.12. The lowest BCUT2D eigenvalue weighted by Crippen LogP contribution is -2.44. The summed E-state index contributed by atoms with van der Waals surface area (Å²) in [6.07, 6.45) is 6.32. The van der Waals surface area contributed by atoms with Gasteiger partial charge in [-0.1, -0.05) is 22.9 Å². The molecule has 8 heteroatoms. The molecule has 0 radical (unpaired) electrons. The van der Waals surface area contributed by atoms with Crippen molar-refractivity contribution >= 4 is 44.2 Å². The van der Waals surface area contributed by atoms with Crippen LogP contribution in [0.2, 0.25) is 5.02 Å². The number of carbonyl (C=O) groups excluding carboxylic acids is 1. The van der Waals surface area contributed by atoms with Crippen LogP contribution in [0.15, 0.2) is 30.7 Å². The Labute approximate surface area is 160 Å². The van der Waals surface area contributed by atoms with Crippen molar-refractivity contribution in [2.45, 2.75) is 25.8 Å². The number of benzene rings is 1. The Kier molecular flexibility index (Phi) is 4.74. The summed E-state index contributed by atoms with van der Waals surface area (Å²) in [6.45, 7) is 3.72. The maximum Gasteiger partial charge on any atom is 0.271 e. The first-order valence-electron chi connectivity index (χ1n) is 8.49. The minimum Gasteiger partial charge on any atom is -0.348 e. The molecular weight excluding hydrogens is 370 g/mol. The van der Waals surface area contributed by atoms with Gasteiger partial charge in [-0.25, -0.2) is 9.97 Å². The zero-order valence-corrected chi connectivity index (χ0v) is 15.8. The van der Waals surface area contributed by atoms with Gasteiger partial charge in [0.25, 0.3) is 5.91 Å². The summed E-state index contributed by atoms with van der Waals surface area (Å²) in [5, 5.41) is 4.82. The van der Waals surface area contributed by atoms with Crippen LogP contribution < -0.4 is 10.2 Å². The summed E-state index contributed by atoms with van der Waals surface area (Å²) in [6, 6.07) is 4.10. The number of fused-ring (bicyclic) bond motifs is 1. The lowest BCUT2D eigenvalue weighted by molar-refractivity contribution is 0.0925. The van der Waals surface area contributed by atoms with Crippen LogP contribution in [0.4, 0.5) is 5.13 Å². The van der Waals surface area contributed by atoms with E-state index in [1.54, 1.807) is 17.5 Å². The number of nitrogens with zero attached hydrogens (tertiary/aromatic N) is 4. The summed E-state index contributed by atoms with van der Waals surface area (Å²) in [5.41, 5.74) is 2.36. The Balaban J connectivity index is 1.41. The number of hydrogen-bond donors (Lipinski definition) is 1. The van der Waals surface area contributed by atoms with E-state index in [0.29, 0.717) is 5.69 Å². The number of amides is 1. The fourth-order valence-electron chi connectivity index (χ4n) is 3.11. The first-order chi connectivity index (χ1) is 12.6. The standard InChI is InChI=1S/C18H18ClN5OS/c1-11-13(19)2-3-15-16(11)23-18(26-15)24-8-4-12(5-9-24)22-17(25)14-10-20-6-7-21-14/h2-3,6-7,10,12H,4-5,8-9H2,1H3,(H,22,25). The van der Waals surface area contributed by atoms with E-state index in [0.717, 1.165) is 51.9 Å². The van der Waals surface area contributed by atoms with Gasteiger partial charge in [0.15, 0.2) is 5.13 Å². The molecule has 0 atom stereocenters. The summed E-state index contributed by atoms with van der Waals surface area (Å²) >= 11 is 7.89. The van der Waals surface area contributed by atoms with Gasteiger partial charge in [-0.05, 0) is 37.5 Å². The van der Waals surface area contributed by atoms with Gasteiger partial charge in [0.1, 0.15) is 5.69 Å². The SMILES string of the molecule is Cc1c(Cl)ccc2sc(N3CCC(NC(=O)c4cnccn4)CC3)nc12. The second kappa shape index (κ2) is 7.17. The Morgan fingerprint density at radius 1 is 1.31 bits per heavy atom. The molecule has 2 aromatic heterocycles. The Hall–Kier alpha value is -2.25. The average Bonchev–Trinajstić information content (AvgIpc) is 3.11. The lowest BCUT2D eigenvalue weighted by atomic mass is 10.1. The number of halogens is 1. The molecule has 0 aliphatic carbocycles. The number of anilines is 1. The van der Waals surface area contributed by atoms with Crippen LogP contribution in [0.5, 0.6) is 0 Å². The van der Waals surface area contributed by atoms with Crippen LogP contribution in [0, 0.1) is 6.92 Å². The van der Waals surface area contributed by atoms with E-state index >= 15 is 0 Å². The molecule has 26 heavy (non-hydrogen) atoms. The molecule has 134 valence electrons. The topological polar surface area (TPSA) is 71.0 Å². The molecule has 1 N–H and O–H groups in total. The smallest absolute Gasteiger partial charge is 0.271 e. The molecule has 3 heterocycles. The second-order valence-electron chi connectivity index (χ2n) is 6.34. The van der Waals surface area contributed by atoms with Gasteiger partial charge in [0, 0.05) is 36.5 Å². The Bertz CT molecular complexity index is 937. The summed E-state index contributed by atoms with van der Waals surface area (Å²) < 4.78 is 1.15. The van der Waals surface area contributed by atoms with Gasteiger partial charge in [-0.3, -0.25) is 9.78 Å². The van der Waals surface area contributed by atoms with E-state index in [4.69, 9.17) is 16.6 Å². The van der Waals surface area contributed by atoms with Crippen LogP contribution in [-0.2, 0) is 0 Å². The van der Waals surface area contributed by atoms with E-state index in [1.807, 2.05) is 19.1 Å². The van der Waals surface area contributed by atoms with Crippen molar-refractivity contribution in [3.05, 3.63) is 47.0 Å². The first-order valence-corrected chi connectivity index (χ1v) is 9.69. The fraction of sp³-hybridized carbons (Fsp3) is 0.333. The number of aryl methyl sites for hydroxylation is 1. The summed E-state index contributed by atoms with van der Waals surface area (Å²) in [4.78, 5) is 27.2. The van der Waals surface area contributed by atoms with Gasteiger partial charge in [0.2, 0.25) is 0 Å². The third-order valence-electron chi connectivity index (χ3n) is 4.63. The minimum atomic E-state index is -0.165. The van der Waals surface area contributed by atoms with E-state index in [2.05, 4.69) is 20.2 Å². The quantitative estimate of drug-likeness (QED) is 0.745. The monoisotopic (exact) mass is 387 g/mol. The largest absolute Gasteiger partial charge is 0.348 e. The minimum absolute atomic E-state index is 0.145. The van der Waals surface area contributed by atoms with Crippen molar-refractivity contribution < 1.29 is 4.79 Å². The van der Waals surface area contributed by atoms with Crippen LogP contribution in [0.1, 0.15) is 28.9 Å². The highest BCUT2D eigenvalue weighted by Crippen LogP contribution is 2.34. The number of piperidine rings is 1. The van der Waals surface area contributed by atoms with Crippen molar-refractivity contribution in [1.29, 1.82) is 0 Å². The molecule has 1 saturated heterocycles. The van der Waals surface area contributed by atoms with Crippen molar-refractivity contribution in [2.75, 3.05) is 18.0 Å². The zero-order chi connectivity index (χ0) is 18.1. The molecule has 1 aromatic carbocycles. The highest BCUT2D eigenvalue weighted by Gasteiger charge is 2.24. The highest BCUT2D eigenvalue weighted by atomic mass is 35.5. The fourth-order valence-corrected chi connectivity index (χ4v) is 4.34. The van der Waals surface area contributed by atoms with Crippen molar-refractivity contribution in [3.8, 4) is 0 Å². The Morgan fingerprint density at radius 2 is 2.12 bits per heavy atom. The maximum absolute atomic E-state index is 12.2. The van der Waals surface area contributed by atoms with Gasteiger partial charge < -0.3 is 10.2 Å². The lowest BCUT2D eigenvalue weighted by Gasteiger charge is -2.32. The molecule has 0 saturated carbocycles. The van der Waals surface area contributed by atoms with Crippen LogP contribution in [-0.4, -0.2) is 40.0 Å². The Morgan fingerprint density at radius 3 is 2.85 bits per heavy atom. The number of nitrogens with one attached hydrogen (secondary N) is 1. The number of rotatable bonds is 3. The maximum atomic E-state index is 12.2. The molecule has 0 unspecified atom stereocenters. The number of aromatic nitrogens is 3. The summed E-state index contributed by atoms with van der Waals surface area (Å²) in [7, 11) is 0. The van der Waals surface area contributed by atoms with Gasteiger partial charge in [0.05, 0.1) is 16.4 Å². The average molecular weight is 388 g/mol. The number of hydrogen-bond acceptors (Lipinski definition) is 6. The van der Waals surface area contributed by atoms with Crippen molar-refractivity contribution in [3.63, 3.8) is 0 Å². The predicted octanol–water partition coefficient (Wildman–Crippen LogP) is 3.45. The molecule has 1 fully saturated rings. The van der Waals surface area contributed by atoms with Gasteiger partial charge in [-0.2, -0.15) is 0 Å². The molecule has 4 rings (SSSR count). The normalized spacial score (nSPS) is 15.4.